The van der Waals surface area contributed by atoms with Gasteiger partial charge in [-0.1, -0.05) is 29.6 Å². The van der Waals surface area contributed by atoms with Crippen molar-refractivity contribution in [2.45, 2.75) is 59.7 Å². The van der Waals surface area contributed by atoms with Crippen molar-refractivity contribution in [2.24, 2.45) is 0 Å². The minimum atomic E-state index is -2.46. The van der Waals surface area contributed by atoms with E-state index in [2.05, 4.69) is 19.7 Å². The van der Waals surface area contributed by atoms with Crippen LogP contribution in [-0.4, -0.2) is 40.7 Å². The number of nitrogens with zero attached hydrogens (tertiary/aromatic N) is 4. The third kappa shape index (κ3) is 4.56. The van der Waals surface area contributed by atoms with Gasteiger partial charge in [-0.15, -0.1) is 10.2 Å². The Morgan fingerprint density at radius 3 is 2.64 bits per heavy atom. The SMILES string of the molecule is COc1cc(CSc2nnc(N3CCCCC3)n2C2CC2)ccc1SC(F)F. The van der Waals surface area contributed by atoms with Gasteiger partial charge >= 0.3 is 0 Å². The first-order valence-electron chi connectivity index (χ1n) is 9.60. The lowest BCUT2D eigenvalue weighted by Crippen LogP contribution is -2.31. The summed E-state index contributed by atoms with van der Waals surface area (Å²) in [6.07, 6.45) is 6.07. The Morgan fingerprint density at radius 1 is 1.18 bits per heavy atom. The molecule has 1 saturated carbocycles. The van der Waals surface area contributed by atoms with Crippen molar-refractivity contribution >= 4 is 29.5 Å². The number of methoxy groups -OCH3 is 1. The first-order valence-corrected chi connectivity index (χ1v) is 11.5. The number of hydrogen-bond donors (Lipinski definition) is 0. The highest BCUT2D eigenvalue weighted by atomic mass is 32.2. The van der Waals surface area contributed by atoms with Gasteiger partial charge in [0.15, 0.2) is 5.16 Å². The number of benzene rings is 1. The summed E-state index contributed by atoms with van der Waals surface area (Å²) in [4.78, 5) is 2.82. The molecule has 1 aliphatic carbocycles. The van der Waals surface area contributed by atoms with Gasteiger partial charge in [0.1, 0.15) is 5.75 Å². The van der Waals surface area contributed by atoms with Gasteiger partial charge in [-0.2, -0.15) is 8.78 Å². The van der Waals surface area contributed by atoms with E-state index in [1.807, 2.05) is 12.1 Å². The number of hydrogen-bond acceptors (Lipinski definition) is 6. The van der Waals surface area contributed by atoms with Crippen LogP contribution in [0.3, 0.4) is 0 Å². The van der Waals surface area contributed by atoms with Crippen LogP contribution < -0.4 is 9.64 Å². The lowest BCUT2D eigenvalue weighted by Gasteiger charge is -2.27. The Balaban J connectivity index is 1.48. The maximum Gasteiger partial charge on any atom is 0.289 e. The maximum atomic E-state index is 12.7. The summed E-state index contributed by atoms with van der Waals surface area (Å²) in [6.45, 7) is 2.10. The molecule has 2 heterocycles. The number of alkyl halides is 2. The Kier molecular flexibility index (Phi) is 6.30. The van der Waals surface area contributed by atoms with Gasteiger partial charge in [0, 0.05) is 24.9 Å². The second-order valence-electron chi connectivity index (χ2n) is 7.08. The standard InChI is InChI=1S/C19H24F2N4OS2/c1-26-15-11-13(5-8-16(15)28-17(20)21)12-27-19-23-22-18(25(19)14-6-7-14)24-9-3-2-4-10-24/h5,8,11,14,17H,2-4,6-7,9-10,12H2,1H3. The summed E-state index contributed by atoms with van der Waals surface area (Å²) in [7, 11) is 1.51. The summed E-state index contributed by atoms with van der Waals surface area (Å²) in [5.74, 6) is -0.271. The van der Waals surface area contributed by atoms with Crippen LogP contribution in [0.5, 0.6) is 5.75 Å². The number of piperidine rings is 1. The molecule has 0 atom stereocenters. The van der Waals surface area contributed by atoms with E-state index < -0.39 is 5.76 Å². The third-order valence-corrected chi connectivity index (χ3v) is 6.79. The molecule has 28 heavy (non-hydrogen) atoms. The van der Waals surface area contributed by atoms with E-state index in [-0.39, 0.29) is 0 Å². The highest BCUT2D eigenvalue weighted by molar-refractivity contribution is 7.99. The van der Waals surface area contributed by atoms with Crippen molar-refractivity contribution in [1.29, 1.82) is 0 Å². The Bertz CT molecular complexity index is 807. The zero-order valence-electron chi connectivity index (χ0n) is 15.8. The zero-order valence-corrected chi connectivity index (χ0v) is 17.4. The van der Waals surface area contributed by atoms with Crippen LogP contribution in [0.2, 0.25) is 0 Å². The van der Waals surface area contributed by atoms with Gasteiger partial charge in [-0.05, 0) is 49.8 Å². The lowest BCUT2D eigenvalue weighted by molar-refractivity contribution is 0.251. The normalized spacial score (nSPS) is 17.4. The monoisotopic (exact) mass is 426 g/mol. The van der Waals surface area contributed by atoms with Gasteiger partial charge in [0.25, 0.3) is 5.76 Å². The predicted molar refractivity (Wildman–Crippen MR) is 109 cm³/mol. The summed E-state index contributed by atoms with van der Waals surface area (Å²) in [5.41, 5.74) is 1.02. The molecule has 0 bridgehead atoms. The molecule has 1 aromatic carbocycles. The lowest BCUT2D eigenvalue weighted by atomic mass is 10.1. The molecule has 2 aliphatic rings. The summed E-state index contributed by atoms with van der Waals surface area (Å²) >= 11 is 2.15. The molecule has 0 spiro atoms. The quantitative estimate of drug-likeness (QED) is 0.539. The van der Waals surface area contributed by atoms with Crippen LogP contribution >= 0.6 is 23.5 Å². The molecule has 0 radical (unpaired) electrons. The highest BCUT2D eigenvalue weighted by Crippen LogP contribution is 2.42. The van der Waals surface area contributed by atoms with Crippen LogP contribution in [0.1, 0.15) is 43.7 Å². The van der Waals surface area contributed by atoms with Crippen molar-refractivity contribution in [3.05, 3.63) is 23.8 Å². The zero-order chi connectivity index (χ0) is 19.5. The molecular formula is C19H24F2N4OS2. The second kappa shape index (κ2) is 8.90. The fraction of sp³-hybridized carbons (Fsp3) is 0.579. The van der Waals surface area contributed by atoms with E-state index in [0.717, 1.165) is 29.8 Å². The molecule has 0 unspecified atom stereocenters. The van der Waals surface area contributed by atoms with E-state index in [1.54, 1.807) is 17.8 Å². The first kappa shape index (κ1) is 19.8. The smallest absolute Gasteiger partial charge is 0.289 e. The van der Waals surface area contributed by atoms with E-state index in [9.17, 15) is 8.78 Å². The summed E-state index contributed by atoms with van der Waals surface area (Å²) < 4.78 is 32.9. The van der Waals surface area contributed by atoms with E-state index >= 15 is 0 Å². The first-order chi connectivity index (χ1) is 13.7. The number of aromatic nitrogens is 3. The minimum absolute atomic E-state index is 0.458. The van der Waals surface area contributed by atoms with E-state index in [0.29, 0.717) is 34.2 Å². The topological polar surface area (TPSA) is 43.2 Å². The molecule has 152 valence electrons. The van der Waals surface area contributed by atoms with Crippen LogP contribution in [-0.2, 0) is 5.75 Å². The molecule has 5 nitrogen and oxygen atoms in total. The third-order valence-electron chi connectivity index (χ3n) is 5.01. The molecule has 1 aromatic heterocycles. The van der Waals surface area contributed by atoms with Crippen LogP contribution in [0.4, 0.5) is 14.7 Å². The predicted octanol–water partition coefficient (Wildman–Crippen LogP) is 5.22. The van der Waals surface area contributed by atoms with Gasteiger partial charge in [0.05, 0.1) is 12.0 Å². The van der Waals surface area contributed by atoms with Crippen molar-refractivity contribution in [3.63, 3.8) is 0 Å². The number of thioether (sulfide) groups is 2. The average Bonchev–Trinajstić information content (AvgIpc) is 3.46. The van der Waals surface area contributed by atoms with Crippen molar-refractivity contribution in [1.82, 2.24) is 14.8 Å². The van der Waals surface area contributed by atoms with Gasteiger partial charge in [-0.25, -0.2) is 0 Å². The molecule has 0 amide bonds. The molecule has 0 N–H and O–H groups in total. The Hall–Kier alpha value is -1.48. The van der Waals surface area contributed by atoms with Crippen molar-refractivity contribution in [2.75, 3.05) is 25.1 Å². The number of ether oxygens (including phenoxy) is 1. The summed E-state index contributed by atoms with van der Waals surface area (Å²) in [5, 5.41) is 9.91. The van der Waals surface area contributed by atoms with Crippen molar-refractivity contribution in [3.8, 4) is 5.75 Å². The fourth-order valence-electron chi connectivity index (χ4n) is 3.47. The molecule has 4 rings (SSSR count). The number of rotatable bonds is 8. The highest BCUT2D eigenvalue weighted by Gasteiger charge is 2.32. The Morgan fingerprint density at radius 2 is 1.96 bits per heavy atom. The largest absolute Gasteiger partial charge is 0.496 e. The van der Waals surface area contributed by atoms with E-state index in [4.69, 9.17) is 4.74 Å². The fourth-order valence-corrected chi connectivity index (χ4v) is 5.01. The molecule has 2 fully saturated rings. The van der Waals surface area contributed by atoms with Gasteiger partial charge in [-0.3, -0.25) is 4.57 Å². The summed E-state index contributed by atoms with van der Waals surface area (Å²) in [6, 6.07) is 5.93. The number of anilines is 1. The molecular weight excluding hydrogens is 402 g/mol. The maximum absolute atomic E-state index is 12.7. The average molecular weight is 427 g/mol. The molecule has 1 aliphatic heterocycles. The van der Waals surface area contributed by atoms with Crippen LogP contribution in [0, 0.1) is 0 Å². The van der Waals surface area contributed by atoms with Crippen LogP contribution in [0.15, 0.2) is 28.3 Å². The van der Waals surface area contributed by atoms with Crippen LogP contribution in [0.25, 0.3) is 0 Å². The molecule has 2 aromatic rings. The minimum Gasteiger partial charge on any atom is -0.496 e. The molecule has 1 saturated heterocycles. The Labute approximate surface area is 172 Å². The van der Waals surface area contributed by atoms with Crippen molar-refractivity contribution < 1.29 is 13.5 Å². The molecule has 9 heteroatoms. The number of halogens is 2. The van der Waals surface area contributed by atoms with E-state index in [1.165, 1.54) is 39.2 Å². The van der Waals surface area contributed by atoms with Gasteiger partial charge < -0.3 is 9.64 Å². The second-order valence-corrected chi connectivity index (χ2v) is 9.06. The van der Waals surface area contributed by atoms with Gasteiger partial charge in [0.2, 0.25) is 5.95 Å².